The van der Waals surface area contributed by atoms with E-state index in [1.807, 2.05) is 0 Å². The van der Waals surface area contributed by atoms with Crippen molar-refractivity contribution < 1.29 is 4.74 Å². The maximum atomic E-state index is 6.01. The van der Waals surface area contributed by atoms with Crippen LogP contribution < -0.4 is 5.32 Å². The summed E-state index contributed by atoms with van der Waals surface area (Å²) < 4.78 is 6.01. The molecule has 2 fully saturated rings. The van der Waals surface area contributed by atoms with E-state index in [1.54, 1.807) is 0 Å². The zero-order valence-corrected chi connectivity index (χ0v) is 14.3. The third-order valence-corrected chi connectivity index (χ3v) is 4.65. The average molecular weight is 297 g/mol. The van der Waals surface area contributed by atoms with E-state index in [0.29, 0.717) is 12.1 Å². The van der Waals surface area contributed by atoms with Gasteiger partial charge >= 0.3 is 0 Å². The molecule has 0 bridgehead atoms. The van der Waals surface area contributed by atoms with E-state index in [9.17, 15) is 0 Å². The molecular formula is C17H35N3O. The lowest BCUT2D eigenvalue weighted by Crippen LogP contribution is -2.51. The zero-order chi connectivity index (χ0) is 15.1. The van der Waals surface area contributed by atoms with Gasteiger partial charge < -0.3 is 10.1 Å². The molecule has 4 nitrogen and oxygen atoms in total. The van der Waals surface area contributed by atoms with Crippen molar-refractivity contribution in [1.82, 2.24) is 15.1 Å². The number of nitrogens with zero attached hydrogens (tertiary/aromatic N) is 2. The van der Waals surface area contributed by atoms with Crippen molar-refractivity contribution in [3.63, 3.8) is 0 Å². The third-order valence-electron chi connectivity index (χ3n) is 4.65. The topological polar surface area (TPSA) is 27.7 Å². The van der Waals surface area contributed by atoms with Crippen LogP contribution in [0.25, 0.3) is 0 Å². The summed E-state index contributed by atoms with van der Waals surface area (Å²) in [4.78, 5) is 5.15. The van der Waals surface area contributed by atoms with E-state index in [-0.39, 0.29) is 0 Å². The molecule has 2 atom stereocenters. The van der Waals surface area contributed by atoms with Crippen LogP contribution in [-0.4, -0.2) is 74.4 Å². The van der Waals surface area contributed by atoms with Crippen LogP contribution in [-0.2, 0) is 4.74 Å². The minimum atomic E-state index is 0.390. The van der Waals surface area contributed by atoms with Crippen LogP contribution in [0.4, 0.5) is 0 Å². The highest BCUT2D eigenvalue weighted by molar-refractivity contribution is 4.80. The molecule has 4 heteroatoms. The summed E-state index contributed by atoms with van der Waals surface area (Å²) in [6, 6.07) is 0.689. The zero-order valence-electron chi connectivity index (χ0n) is 14.3. The highest BCUT2D eigenvalue weighted by atomic mass is 16.5. The number of hydrogen-bond donors (Lipinski definition) is 1. The highest BCUT2D eigenvalue weighted by Gasteiger charge is 2.24. The van der Waals surface area contributed by atoms with Crippen molar-refractivity contribution in [1.29, 1.82) is 0 Å². The first-order valence-electron chi connectivity index (χ1n) is 8.97. The number of morpholine rings is 1. The summed E-state index contributed by atoms with van der Waals surface area (Å²) in [5.41, 5.74) is 0. The Morgan fingerprint density at radius 1 is 1.29 bits per heavy atom. The predicted octanol–water partition coefficient (Wildman–Crippen LogP) is 1.81. The SMILES string of the molecule is CCN(CC1CCCCN1)CC1CN(CC(C)C)CCO1. The standard InChI is InChI=1S/C17H35N3O/c1-4-19(12-16-7-5-6-8-18-16)13-17-14-20(9-10-21-17)11-15(2)3/h15-18H,4-14H2,1-3H3. The summed E-state index contributed by atoms with van der Waals surface area (Å²) in [6.07, 6.45) is 4.46. The molecule has 2 heterocycles. The van der Waals surface area contributed by atoms with Crippen molar-refractivity contribution in [3.05, 3.63) is 0 Å². The first-order valence-corrected chi connectivity index (χ1v) is 8.97. The lowest BCUT2D eigenvalue weighted by molar-refractivity contribution is -0.0465. The number of nitrogens with one attached hydrogen (secondary N) is 1. The van der Waals surface area contributed by atoms with Crippen molar-refractivity contribution >= 4 is 0 Å². The Morgan fingerprint density at radius 2 is 2.14 bits per heavy atom. The first-order chi connectivity index (χ1) is 10.2. The van der Waals surface area contributed by atoms with Gasteiger partial charge in [-0.05, 0) is 31.8 Å². The van der Waals surface area contributed by atoms with Gasteiger partial charge in [-0.15, -0.1) is 0 Å². The summed E-state index contributed by atoms with van der Waals surface area (Å²) in [5, 5.41) is 3.66. The Bertz CT molecular complexity index is 279. The average Bonchev–Trinajstić information content (AvgIpc) is 2.47. The molecule has 0 aromatic carbocycles. The van der Waals surface area contributed by atoms with E-state index in [0.717, 1.165) is 38.7 Å². The molecular weight excluding hydrogens is 262 g/mol. The number of hydrogen-bond acceptors (Lipinski definition) is 4. The maximum Gasteiger partial charge on any atom is 0.0829 e. The molecule has 0 aromatic rings. The van der Waals surface area contributed by atoms with E-state index >= 15 is 0 Å². The molecule has 0 aromatic heterocycles. The lowest BCUT2D eigenvalue weighted by Gasteiger charge is -2.37. The van der Waals surface area contributed by atoms with Gasteiger partial charge in [0.1, 0.15) is 0 Å². The highest BCUT2D eigenvalue weighted by Crippen LogP contribution is 2.12. The van der Waals surface area contributed by atoms with Gasteiger partial charge in [-0.1, -0.05) is 27.2 Å². The van der Waals surface area contributed by atoms with Gasteiger partial charge in [-0.2, -0.15) is 0 Å². The fourth-order valence-corrected chi connectivity index (χ4v) is 3.59. The Morgan fingerprint density at radius 3 is 2.81 bits per heavy atom. The molecule has 1 N–H and O–H groups in total. The lowest BCUT2D eigenvalue weighted by atomic mass is 10.0. The second-order valence-electron chi connectivity index (χ2n) is 7.15. The molecule has 2 aliphatic heterocycles. The minimum absolute atomic E-state index is 0.390. The molecule has 2 rings (SSSR count). The van der Waals surface area contributed by atoms with Crippen LogP contribution >= 0.6 is 0 Å². The van der Waals surface area contributed by atoms with Crippen LogP contribution in [0.15, 0.2) is 0 Å². The van der Waals surface area contributed by atoms with Crippen molar-refractivity contribution in [2.45, 2.75) is 52.2 Å². The van der Waals surface area contributed by atoms with Crippen LogP contribution in [0, 0.1) is 5.92 Å². The van der Waals surface area contributed by atoms with Gasteiger partial charge in [0, 0.05) is 38.8 Å². The molecule has 2 unspecified atom stereocenters. The van der Waals surface area contributed by atoms with Gasteiger partial charge in [0.05, 0.1) is 12.7 Å². The normalized spacial score (nSPS) is 28.4. The molecule has 0 aliphatic carbocycles. The van der Waals surface area contributed by atoms with Crippen molar-refractivity contribution in [2.75, 3.05) is 52.4 Å². The molecule has 2 saturated heterocycles. The summed E-state index contributed by atoms with van der Waals surface area (Å²) in [6.45, 7) is 15.8. The Kier molecular flexibility index (Phi) is 7.44. The van der Waals surface area contributed by atoms with Crippen LogP contribution in [0.1, 0.15) is 40.0 Å². The van der Waals surface area contributed by atoms with E-state index in [2.05, 4.69) is 35.9 Å². The second kappa shape index (κ2) is 9.09. The number of rotatable bonds is 7. The molecule has 21 heavy (non-hydrogen) atoms. The predicted molar refractivity (Wildman–Crippen MR) is 88.8 cm³/mol. The van der Waals surface area contributed by atoms with Gasteiger partial charge in [0.15, 0.2) is 0 Å². The summed E-state index contributed by atoms with van der Waals surface area (Å²) >= 11 is 0. The molecule has 0 radical (unpaired) electrons. The van der Waals surface area contributed by atoms with Crippen LogP contribution in [0.5, 0.6) is 0 Å². The summed E-state index contributed by atoms with van der Waals surface area (Å²) in [7, 11) is 0. The fourth-order valence-electron chi connectivity index (χ4n) is 3.59. The Labute approximate surface area is 131 Å². The van der Waals surface area contributed by atoms with Gasteiger partial charge in [-0.3, -0.25) is 9.80 Å². The van der Waals surface area contributed by atoms with Crippen molar-refractivity contribution in [2.24, 2.45) is 5.92 Å². The number of likely N-dealkylation sites (N-methyl/N-ethyl adjacent to an activating group) is 1. The first kappa shape index (κ1) is 17.2. The third kappa shape index (κ3) is 6.23. The van der Waals surface area contributed by atoms with Crippen LogP contribution in [0.2, 0.25) is 0 Å². The Balaban J connectivity index is 1.74. The molecule has 124 valence electrons. The quantitative estimate of drug-likeness (QED) is 0.775. The molecule has 0 saturated carbocycles. The molecule has 2 aliphatic rings. The van der Waals surface area contributed by atoms with E-state index < -0.39 is 0 Å². The number of piperidine rings is 1. The van der Waals surface area contributed by atoms with Crippen LogP contribution in [0.3, 0.4) is 0 Å². The molecule has 0 amide bonds. The monoisotopic (exact) mass is 297 g/mol. The second-order valence-corrected chi connectivity index (χ2v) is 7.15. The largest absolute Gasteiger partial charge is 0.374 e. The van der Waals surface area contributed by atoms with Crippen molar-refractivity contribution in [3.8, 4) is 0 Å². The van der Waals surface area contributed by atoms with Gasteiger partial charge in [-0.25, -0.2) is 0 Å². The Hall–Kier alpha value is -0.160. The summed E-state index contributed by atoms with van der Waals surface area (Å²) in [5.74, 6) is 0.748. The van der Waals surface area contributed by atoms with Gasteiger partial charge in [0.2, 0.25) is 0 Å². The van der Waals surface area contributed by atoms with Gasteiger partial charge in [0.25, 0.3) is 0 Å². The molecule has 0 spiro atoms. The van der Waals surface area contributed by atoms with E-state index in [1.165, 1.54) is 38.9 Å². The minimum Gasteiger partial charge on any atom is -0.374 e. The fraction of sp³-hybridized carbons (Fsp3) is 1.00. The smallest absolute Gasteiger partial charge is 0.0829 e. The number of ether oxygens (including phenoxy) is 1. The maximum absolute atomic E-state index is 6.01. The van der Waals surface area contributed by atoms with E-state index in [4.69, 9.17) is 4.74 Å².